The summed E-state index contributed by atoms with van der Waals surface area (Å²) in [6, 6.07) is 5.97. The van der Waals surface area contributed by atoms with E-state index in [1.54, 1.807) is 0 Å². The first-order valence-electron chi connectivity index (χ1n) is 5.70. The Bertz CT molecular complexity index is 385. The molecule has 0 aromatic heterocycles. The van der Waals surface area contributed by atoms with Crippen LogP contribution in [0.4, 0.5) is 0 Å². The Labute approximate surface area is 95.4 Å². The summed E-state index contributed by atoms with van der Waals surface area (Å²) in [7, 11) is 0. The van der Waals surface area contributed by atoms with Crippen LogP contribution < -0.4 is 4.74 Å². The van der Waals surface area contributed by atoms with Gasteiger partial charge in [-0.2, -0.15) is 0 Å². The van der Waals surface area contributed by atoms with Crippen LogP contribution in [-0.4, -0.2) is 19.2 Å². The molecule has 1 aliphatic heterocycles. The molecule has 0 radical (unpaired) electrons. The van der Waals surface area contributed by atoms with E-state index < -0.39 is 0 Å². The molecule has 3 nitrogen and oxygen atoms in total. The molecular formula is C13H16O3. The first-order chi connectivity index (χ1) is 7.79. The summed E-state index contributed by atoms with van der Waals surface area (Å²) >= 11 is 0. The molecule has 0 saturated heterocycles. The number of esters is 1. The van der Waals surface area contributed by atoms with Gasteiger partial charge in [0, 0.05) is 0 Å². The van der Waals surface area contributed by atoms with E-state index in [2.05, 4.69) is 0 Å². The van der Waals surface area contributed by atoms with Crippen molar-refractivity contribution in [2.24, 2.45) is 0 Å². The van der Waals surface area contributed by atoms with Gasteiger partial charge in [0.25, 0.3) is 0 Å². The third kappa shape index (κ3) is 2.54. The predicted octanol–water partition coefficient (Wildman–Crippen LogP) is 2.12. The van der Waals surface area contributed by atoms with Gasteiger partial charge in [0.05, 0.1) is 19.6 Å². The smallest absolute Gasteiger partial charge is 0.310 e. The van der Waals surface area contributed by atoms with Crippen molar-refractivity contribution < 1.29 is 14.3 Å². The fourth-order valence-corrected chi connectivity index (χ4v) is 1.87. The van der Waals surface area contributed by atoms with Gasteiger partial charge in [-0.25, -0.2) is 0 Å². The Morgan fingerprint density at radius 2 is 2.38 bits per heavy atom. The van der Waals surface area contributed by atoms with Gasteiger partial charge in [-0.3, -0.25) is 4.79 Å². The quantitative estimate of drug-likeness (QED) is 0.732. The zero-order chi connectivity index (χ0) is 11.4. The van der Waals surface area contributed by atoms with Gasteiger partial charge in [-0.15, -0.1) is 0 Å². The van der Waals surface area contributed by atoms with Gasteiger partial charge in [0.1, 0.15) is 5.75 Å². The van der Waals surface area contributed by atoms with E-state index in [1.165, 1.54) is 5.56 Å². The van der Waals surface area contributed by atoms with Gasteiger partial charge in [-0.05, 0) is 37.0 Å². The van der Waals surface area contributed by atoms with Crippen LogP contribution in [-0.2, 0) is 22.4 Å². The van der Waals surface area contributed by atoms with Crippen LogP contribution in [0.15, 0.2) is 18.2 Å². The standard InChI is InChI=1S/C13H16O3/c1-2-15-13(14)9-10-5-6-11-4-3-7-16-12(11)8-10/h5-6,8H,2-4,7,9H2,1H3. The lowest BCUT2D eigenvalue weighted by Crippen LogP contribution is -2.11. The van der Waals surface area contributed by atoms with Crippen LogP contribution >= 0.6 is 0 Å². The molecule has 16 heavy (non-hydrogen) atoms. The summed E-state index contributed by atoms with van der Waals surface area (Å²) in [4.78, 5) is 11.3. The van der Waals surface area contributed by atoms with Crippen molar-refractivity contribution in [3.63, 3.8) is 0 Å². The summed E-state index contributed by atoms with van der Waals surface area (Å²) < 4.78 is 10.5. The molecule has 0 spiro atoms. The van der Waals surface area contributed by atoms with E-state index in [9.17, 15) is 4.79 Å². The molecule has 0 atom stereocenters. The van der Waals surface area contributed by atoms with Crippen molar-refractivity contribution in [1.29, 1.82) is 0 Å². The monoisotopic (exact) mass is 220 g/mol. The molecule has 0 amide bonds. The number of aryl methyl sites for hydroxylation is 1. The second-order valence-electron chi connectivity index (χ2n) is 3.88. The number of benzene rings is 1. The largest absolute Gasteiger partial charge is 0.493 e. The number of ether oxygens (including phenoxy) is 2. The highest BCUT2D eigenvalue weighted by molar-refractivity contribution is 5.72. The molecule has 1 heterocycles. The molecule has 0 saturated carbocycles. The molecule has 1 aromatic rings. The maximum atomic E-state index is 11.3. The van der Waals surface area contributed by atoms with Crippen LogP contribution in [0.2, 0.25) is 0 Å². The molecule has 2 rings (SSSR count). The van der Waals surface area contributed by atoms with Crippen molar-refractivity contribution in [3.05, 3.63) is 29.3 Å². The lowest BCUT2D eigenvalue weighted by molar-refractivity contribution is -0.142. The molecule has 1 aromatic carbocycles. The van der Waals surface area contributed by atoms with Crippen LogP contribution in [0, 0.1) is 0 Å². The second-order valence-corrected chi connectivity index (χ2v) is 3.88. The zero-order valence-electron chi connectivity index (χ0n) is 9.49. The fourth-order valence-electron chi connectivity index (χ4n) is 1.87. The van der Waals surface area contributed by atoms with Crippen LogP contribution in [0.5, 0.6) is 5.75 Å². The molecule has 86 valence electrons. The molecule has 3 heteroatoms. The van der Waals surface area contributed by atoms with E-state index in [0.29, 0.717) is 13.0 Å². The number of rotatable bonds is 3. The highest BCUT2D eigenvalue weighted by Crippen LogP contribution is 2.25. The number of hydrogen-bond donors (Lipinski definition) is 0. The first kappa shape index (κ1) is 11.0. The van der Waals surface area contributed by atoms with Crippen molar-refractivity contribution in [3.8, 4) is 5.75 Å². The topological polar surface area (TPSA) is 35.5 Å². The summed E-state index contributed by atoms with van der Waals surface area (Å²) in [6.07, 6.45) is 2.46. The number of hydrogen-bond acceptors (Lipinski definition) is 3. The van der Waals surface area contributed by atoms with Gasteiger partial charge in [0.15, 0.2) is 0 Å². The SMILES string of the molecule is CCOC(=O)Cc1ccc2c(c1)OCCC2. The summed E-state index contributed by atoms with van der Waals surface area (Å²) in [6.45, 7) is 3.02. The van der Waals surface area contributed by atoms with Gasteiger partial charge in [0.2, 0.25) is 0 Å². The summed E-state index contributed by atoms with van der Waals surface area (Å²) in [5, 5.41) is 0. The molecule has 0 aliphatic carbocycles. The minimum absolute atomic E-state index is 0.182. The molecule has 0 bridgehead atoms. The molecule has 1 aliphatic rings. The van der Waals surface area contributed by atoms with Crippen molar-refractivity contribution in [1.82, 2.24) is 0 Å². The summed E-state index contributed by atoms with van der Waals surface area (Å²) in [5.74, 6) is 0.742. The number of carbonyl (C=O) groups excluding carboxylic acids is 1. The van der Waals surface area contributed by atoms with E-state index in [4.69, 9.17) is 9.47 Å². The number of fused-ring (bicyclic) bond motifs is 1. The third-order valence-electron chi connectivity index (χ3n) is 2.63. The first-order valence-corrected chi connectivity index (χ1v) is 5.70. The highest BCUT2D eigenvalue weighted by atomic mass is 16.5. The minimum Gasteiger partial charge on any atom is -0.493 e. The Morgan fingerprint density at radius 3 is 3.19 bits per heavy atom. The van der Waals surface area contributed by atoms with Crippen molar-refractivity contribution >= 4 is 5.97 Å². The van der Waals surface area contributed by atoms with Crippen LogP contribution in [0.25, 0.3) is 0 Å². The maximum Gasteiger partial charge on any atom is 0.310 e. The molecule has 0 N–H and O–H groups in total. The predicted molar refractivity (Wildman–Crippen MR) is 60.6 cm³/mol. The Kier molecular flexibility index (Phi) is 3.44. The average molecular weight is 220 g/mol. The highest BCUT2D eigenvalue weighted by Gasteiger charge is 2.12. The van der Waals surface area contributed by atoms with E-state index in [0.717, 1.165) is 30.8 Å². The number of carbonyl (C=O) groups is 1. The minimum atomic E-state index is -0.182. The normalized spacial score (nSPS) is 13.8. The maximum absolute atomic E-state index is 11.3. The summed E-state index contributed by atoms with van der Waals surface area (Å²) in [5.41, 5.74) is 2.19. The zero-order valence-corrected chi connectivity index (χ0v) is 9.49. The Morgan fingerprint density at radius 1 is 1.50 bits per heavy atom. The Balaban J connectivity index is 2.08. The second kappa shape index (κ2) is 5.01. The van der Waals surface area contributed by atoms with E-state index in [1.807, 2.05) is 25.1 Å². The molecule has 0 fully saturated rings. The van der Waals surface area contributed by atoms with E-state index in [-0.39, 0.29) is 5.97 Å². The average Bonchev–Trinajstić information content (AvgIpc) is 2.29. The van der Waals surface area contributed by atoms with Gasteiger partial charge < -0.3 is 9.47 Å². The van der Waals surface area contributed by atoms with Gasteiger partial charge >= 0.3 is 5.97 Å². The van der Waals surface area contributed by atoms with Crippen molar-refractivity contribution in [2.45, 2.75) is 26.2 Å². The van der Waals surface area contributed by atoms with Gasteiger partial charge in [-0.1, -0.05) is 12.1 Å². The Hall–Kier alpha value is -1.51. The molecular weight excluding hydrogens is 204 g/mol. The third-order valence-corrected chi connectivity index (χ3v) is 2.63. The fraction of sp³-hybridized carbons (Fsp3) is 0.462. The lowest BCUT2D eigenvalue weighted by Gasteiger charge is -2.17. The van der Waals surface area contributed by atoms with Crippen molar-refractivity contribution in [2.75, 3.05) is 13.2 Å². The van der Waals surface area contributed by atoms with Crippen LogP contribution in [0.3, 0.4) is 0 Å². The lowest BCUT2D eigenvalue weighted by atomic mass is 10.0. The van der Waals surface area contributed by atoms with Crippen LogP contribution in [0.1, 0.15) is 24.5 Å². The molecule has 0 unspecified atom stereocenters. The van der Waals surface area contributed by atoms with E-state index >= 15 is 0 Å².